The van der Waals surface area contributed by atoms with Gasteiger partial charge in [-0.2, -0.15) is 0 Å². The number of nitrogens with zero attached hydrogens (tertiary/aromatic N) is 2. The quantitative estimate of drug-likeness (QED) is 0.875. The van der Waals surface area contributed by atoms with E-state index in [0.29, 0.717) is 18.2 Å². The smallest absolute Gasteiger partial charge is 0.251 e. The molecule has 0 radical (unpaired) electrons. The highest BCUT2D eigenvalue weighted by atomic mass is 16.5. The van der Waals surface area contributed by atoms with E-state index in [-0.39, 0.29) is 17.9 Å². The van der Waals surface area contributed by atoms with E-state index in [1.165, 1.54) is 0 Å². The first-order valence-electron chi connectivity index (χ1n) is 9.95. The Bertz CT molecular complexity index is 672. The zero-order valence-corrected chi connectivity index (χ0v) is 16.6. The van der Waals surface area contributed by atoms with Crippen LogP contribution >= 0.6 is 0 Å². The topological polar surface area (TPSA) is 61.9 Å². The van der Waals surface area contributed by atoms with Crippen molar-refractivity contribution in [2.24, 2.45) is 0 Å². The Labute approximate surface area is 161 Å². The molecule has 0 bridgehead atoms. The van der Waals surface area contributed by atoms with Gasteiger partial charge in [-0.1, -0.05) is 17.7 Å². The van der Waals surface area contributed by atoms with Crippen LogP contribution in [0, 0.1) is 6.92 Å². The number of carbonyl (C=O) groups is 2. The average molecular weight is 373 g/mol. The minimum absolute atomic E-state index is 0.00451. The third kappa shape index (κ3) is 4.87. The largest absolute Gasteiger partial charge is 0.381 e. The van der Waals surface area contributed by atoms with Crippen molar-refractivity contribution in [3.8, 4) is 0 Å². The van der Waals surface area contributed by atoms with E-state index in [9.17, 15) is 9.59 Å². The summed E-state index contributed by atoms with van der Waals surface area (Å²) in [6, 6.07) is 7.59. The van der Waals surface area contributed by atoms with Gasteiger partial charge in [0.25, 0.3) is 5.91 Å². The lowest BCUT2D eigenvalue weighted by Crippen LogP contribution is -2.60. The van der Waals surface area contributed by atoms with Crippen LogP contribution in [0.3, 0.4) is 0 Å². The van der Waals surface area contributed by atoms with E-state index in [4.69, 9.17) is 4.74 Å². The van der Waals surface area contributed by atoms with Crippen molar-refractivity contribution in [2.75, 3.05) is 32.8 Å². The van der Waals surface area contributed by atoms with E-state index >= 15 is 0 Å². The summed E-state index contributed by atoms with van der Waals surface area (Å²) in [5.41, 5.74) is 1.62. The molecule has 2 aliphatic rings. The number of ether oxygens (including phenoxy) is 1. The highest BCUT2D eigenvalue weighted by Crippen LogP contribution is 2.20. The van der Waals surface area contributed by atoms with Crippen LogP contribution in [0.1, 0.15) is 42.6 Å². The average Bonchev–Trinajstić information content (AvgIpc) is 2.68. The molecule has 0 spiro atoms. The first-order chi connectivity index (χ1) is 13.0. The van der Waals surface area contributed by atoms with Crippen molar-refractivity contribution in [2.45, 2.75) is 51.7 Å². The second kappa shape index (κ2) is 8.85. The van der Waals surface area contributed by atoms with Gasteiger partial charge in [0.15, 0.2) is 0 Å². The molecule has 148 valence electrons. The van der Waals surface area contributed by atoms with Crippen LogP contribution in [0.15, 0.2) is 24.3 Å². The predicted molar refractivity (Wildman–Crippen MR) is 105 cm³/mol. The minimum Gasteiger partial charge on any atom is -0.381 e. The summed E-state index contributed by atoms with van der Waals surface area (Å²) in [6.45, 7) is 9.97. The molecular weight excluding hydrogens is 342 g/mol. The van der Waals surface area contributed by atoms with Crippen molar-refractivity contribution in [1.82, 2.24) is 15.1 Å². The standard InChI is InChI=1S/C21H31N3O3/c1-15-5-4-6-18(13-15)20(25)22-17(3)21(26)24-10-9-23(14-16(24)2)19-7-11-27-12-8-19/h4-6,13,16-17,19H,7-12,14H2,1-3H3,(H,22,25)/t16-,17?/m1/s1. The van der Waals surface area contributed by atoms with E-state index in [1.54, 1.807) is 13.0 Å². The molecule has 2 amide bonds. The van der Waals surface area contributed by atoms with Crippen molar-refractivity contribution in [3.63, 3.8) is 0 Å². The third-order valence-corrected chi connectivity index (χ3v) is 5.65. The van der Waals surface area contributed by atoms with Gasteiger partial charge in [-0.3, -0.25) is 14.5 Å². The van der Waals surface area contributed by atoms with Gasteiger partial charge in [0, 0.05) is 50.5 Å². The van der Waals surface area contributed by atoms with Gasteiger partial charge < -0.3 is 15.0 Å². The Balaban J connectivity index is 1.54. The van der Waals surface area contributed by atoms with Gasteiger partial charge in [-0.15, -0.1) is 0 Å². The SMILES string of the molecule is Cc1cccc(C(=O)NC(C)C(=O)N2CCN(C3CCOCC3)C[C@H]2C)c1. The van der Waals surface area contributed by atoms with Crippen molar-refractivity contribution >= 4 is 11.8 Å². The summed E-state index contributed by atoms with van der Waals surface area (Å²) in [5, 5.41) is 2.86. The molecule has 0 aliphatic carbocycles. The van der Waals surface area contributed by atoms with Crippen molar-refractivity contribution in [1.29, 1.82) is 0 Å². The highest BCUT2D eigenvalue weighted by Gasteiger charge is 2.33. The zero-order valence-electron chi connectivity index (χ0n) is 16.6. The fourth-order valence-electron chi connectivity index (χ4n) is 4.07. The molecule has 2 saturated heterocycles. The van der Waals surface area contributed by atoms with E-state index in [2.05, 4.69) is 17.1 Å². The van der Waals surface area contributed by atoms with Crippen LogP contribution in [0.4, 0.5) is 0 Å². The normalized spacial score (nSPS) is 23.1. The minimum atomic E-state index is -0.532. The molecule has 6 nitrogen and oxygen atoms in total. The zero-order chi connectivity index (χ0) is 19.4. The number of amides is 2. The third-order valence-electron chi connectivity index (χ3n) is 5.65. The summed E-state index contributed by atoms with van der Waals surface area (Å²) in [4.78, 5) is 29.7. The number of carbonyl (C=O) groups excluding carboxylic acids is 2. The fraction of sp³-hybridized carbons (Fsp3) is 0.619. The van der Waals surface area contributed by atoms with E-state index in [0.717, 1.165) is 44.7 Å². The monoisotopic (exact) mass is 373 g/mol. The number of rotatable bonds is 4. The van der Waals surface area contributed by atoms with Gasteiger partial charge in [0.1, 0.15) is 6.04 Å². The molecule has 0 aromatic heterocycles. The Hall–Kier alpha value is -1.92. The van der Waals surface area contributed by atoms with Gasteiger partial charge in [0.2, 0.25) is 5.91 Å². The number of piperazine rings is 1. The van der Waals surface area contributed by atoms with Crippen LogP contribution in [0.2, 0.25) is 0 Å². The van der Waals surface area contributed by atoms with Gasteiger partial charge in [-0.05, 0) is 45.7 Å². The summed E-state index contributed by atoms with van der Waals surface area (Å²) < 4.78 is 5.46. The summed E-state index contributed by atoms with van der Waals surface area (Å²) in [6.07, 6.45) is 2.15. The number of aryl methyl sites for hydroxylation is 1. The van der Waals surface area contributed by atoms with Crippen LogP contribution in [-0.2, 0) is 9.53 Å². The predicted octanol–water partition coefficient (Wildman–Crippen LogP) is 1.83. The molecule has 2 aliphatic heterocycles. The number of nitrogens with one attached hydrogen (secondary N) is 1. The lowest BCUT2D eigenvalue weighted by molar-refractivity contribution is -0.138. The molecule has 0 saturated carbocycles. The Kier molecular flexibility index (Phi) is 6.50. The molecule has 1 N–H and O–H groups in total. The lowest BCUT2D eigenvalue weighted by Gasteiger charge is -2.44. The fourth-order valence-corrected chi connectivity index (χ4v) is 4.07. The first-order valence-corrected chi connectivity index (χ1v) is 9.95. The number of hydrogen-bond donors (Lipinski definition) is 1. The summed E-state index contributed by atoms with van der Waals surface area (Å²) in [5.74, 6) is -0.205. The summed E-state index contributed by atoms with van der Waals surface area (Å²) in [7, 11) is 0. The molecule has 3 rings (SSSR count). The van der Waals surface area contributed by atoms with Gasteiger partial charge in [-0.25, -0.2) is 0 Å². The van der Waals surface area contributed by atoms with E-state index in [1.807, 2.05) is 30.0 Å². The van der Waals surface area contributed by atoms with Crippen LogP contribution in [0.25, 0.3) is 0 Å². The lowest BCUT2D eigenvalue weighted by atomic mass is 10.0. The summed E-state index contributed by atoms with van der Waals surface area (Å²) >= 11 is 0. The second-order valence-corrected chi connectivity index (χ2v) is 7.78. The van der Waals surface area contributed by atoms with Gasteiger partial charge in [0.05, 0.1) is 0 Å². The van der Waals surface area contributed by atoms with Crippen LogP contribution < -0.4 is 5.32 Å². The molecular formula is C21H31N3O3. The molecule has 2 atom stereocenters. The maximum atomic E-state index is 12.9. The van der Waals surface area contributed by atoms with Crippen molar-refractivity contribution in [3.05, 3.63) is 35.4 Å². The maximum Gasteiger partial charge on any atom is 0.251 e. The van der Waals surface area contributed by atoms with Crippen LogP contribution in [0.5, 0.6) is 0 Å². The molecule has 27 heavy (non-hydrogen) atoms. The van der Waals surface area contributed by atoms with Gasteiger partial charge >= 0.3 is 0 Å². The molecule has 2 heterocycles. The number of hydrogen-bond acceptors (Lipinski definition) is 4. The molecule has 1 aromatic carbocycles. The second-order valence-electron chi connectivity index (χ2n) is 7.78. The Morgan fingerprint density at radius 3 is 2.63 bits per heavy atom. The highest BCUT2D eigenvalue weighted by molar-refractivity contribution is 5.97. The molecule has 1 unspecified atom stereocenters. The van der Waals surface area contributed by atoms with E-state index < -0.39 is 6.04 Å². The number of benzene rings is 1. The maximum absolute atomic E-state index is 12.9. The van der Waals surface area contributed by atoms with Crippen LogP contribution in [-0.4, -0.2) is 72.6 Å². The molecule has 6 heteroatoms. The van der Waals surface area contributed by atoms with Crippen molar-refractivity contribution < 1.29 is 14.3 Å². The molecule has 2 fully saturated rings. The Morgan fingerprint density at radius 1 is 1.22 bits per heavy atom. The molecule has 1 aromatic rings. The first kappa shape index (κ1) is 19.8. The Morgan fingerprint density at radius 2 is 1.96 bits per heavy atom.